The Morgan fingerprint density at radius 3 is 2.19 bits per heavy atom. The molecule has 1 aliphatic rings. The van der Waals surface area contributed by atoms with Gasteiger partial charge < -0.3 is 14.2 Å². The number of carbonyl (C=O) groups excluding carboxylic acids is 1. The summed E-state index contributed by atoms with van der Waals surface area (Å²) in [6, 6.07) is 18.4. The fourth-order valence-electron chi connectivity index (χ4n) is 4.00. The Morgan fingerprint density at radius 2 is 1.56 bits per heavy atom. The van der Waals surface area contributed by atoms with Gasteiger partial charge in [0.2, 0.25) is 0 Å². The molecule has 0 radical (unpaired) electrons. The number of benzene rings is 2. The van der Waals surface area contributed by atoms with Gasteiger partial charge in [0.15, 0.2) is 15.6 Å². The van der Waals surface area contributed by atoms with Crippen LogP contribution in [0.4, 0.5) is 5.69 Å². The summed E-state index contributed by atoms with van der Waals surface area (Å²) in [4.78, 5) is 17.3. The van der Waals surface area contributed by atoms with Crippen LogP contribution in [0.3, 0.4) is 0 Å². The molecule has 168 valence electrons. The molecule has 3 aromatic rings. The minimum Gasteiger partial charge on any atom is -0.455 e. The molecule has 0 unspecified atom stereocenters. The Bertz CT molecular complexity index is 1200. The van der Waals surface area contributed by atoms with Gasteiger partial charge in [-0.15, -0.1) is 0 Å². The average molecular weight is 453 g/mol. The van der Waals surface area contributed by atoms with Crippen LogP contribution in [-0.4, -0.2) is 44.9 Å². The molecule has 6 nitrogen and oxygen atoms in total. The minimum atomic E-state index is -3.54. The monoisotopic (exact) mass is 452 g/mol. The second-order valence-corrected chi connectivity index (χ2v) is 10.5. The van der Waals surface area contributed by atoms with Gasteiger partial charge in [-0.05, 0) is 57.2 Å². The van der Waals surface area contributed by atoms with Gasteiger partial charge in [0.05, 0.1) is 4.90 Å². The van der Waals surface area contributed by atoms with E-state index >= 15 is 0 Å². The third kappa shape index (κ3) is 4.72. The molecule has 7 heteroatoms. The van der Waals surface area contributed by atoms with Crippen LogP contribution in [0, 0.1) is 13.8 Å². The summed E-state index contributed by atoms with van der Waals surface area (Å²) in [6.07, 6.45) is 0. The first-order chi connectivity index (χ1) is 15.2. The van der Waals surface area contributed by atoms with Crippen molar-refractivity contribution in [3.05, 3.63) is 83.3 Å². The number of anilines is 1. The molecule has 0 bridgehead atoms. The Kier molecular flexibility index (Phi) is 6.11. The summed E-state index contributed by atoms with van der Waals surface area (Å²) in [5.41, 5.74) is 3.36. The van der Waals surface area contributed by atoms with E-state index in [0.29, 0.717) is 13.1 Å². The van der Waals surface area contributed by atoms with Crippen molar-refractivity contribution in [2.45, 2.75) is 37.5 Å². The summed E-state index contributed by atoms with van der Waals surface area (Å²) in [7, 11) is -3.54. The van der Waals surface area contributed by atoms with Crippen LogP contribution in [0.5, 0.6) is 0 Å². The molecule has 0 aliphatic carbocycles. The highest BCUT2D eigenvalue weighted by Gasteiger charge is 2.29. The predicted molar refractivity (Wildman–Crippen MR) is 125 cm³/mol. The first-order valence-electron chi connectivity index (χ1n) is 10.7. The highest BCUT2D eigenvalue weighted by molar-refractivity contribution is 7.90. The fourth-order valence-corrected chi connectivity index (χ4v) is 5.25. The number of hydrogen-bond acceptors (Lipinski definition) is 5. The number of furan rings is 1. The topological polar surface area (TPSA) is 70.8 Å². The minimum absolute atomic E-state index is 0.159. The molecule has 0 N–H and O–H groups in total. The van der Waals surface area contributed by atoms with Crippen molar-refractivity contribution in [1.29, 1.82) is 0 Å². The van der Waals surface area contributed by atoms with Gasteiger partial charge in [-0.3, -0.25) is 4.79 Å². The van der Waals surface area contributed by atoms with E-state index in [1.54, 1.807) is 41.3 Å². The zero-order chi connectivity index (χ0) is 22.9. The van der Waals surface area contributed by atoms with Crippen molar-refractivity contribution < 1.29 is 17.6 Å². The quantitative estimate of drug-likeness (QED) is 0.580. The fraction of sp³-hybridized carbons (Fsp3) is 0.320. The third-order valence-electron chi connectivity index (χ3n) is 5.87. The number of hydrogen-bond donors (Lipinski definition) is 0. The third-order valence-corrected chi connectivity index (χ3v) is 7.52. The first kappa shape index (κ1) is 22.1. The number of aryl methyl sites for hydroxylation is 2. The lowest BCUT2D eigenvalue weighted by atomic mass is 10.1. The van der Waals surface area contributed by atoms with Crippen molar-refractivity contribution in [1.82, 2.24) is 4.90 Å². The van der Waals surface area contributed by atoms with Crippen molar-refractivity contribution in [3.63, 3.8) is 0 Å². The second-order valence-electron chi connectivity index (χ2n) is 8.47. The van der Waals surface area contributed by atoms with E-state index in [-0.39, 0.29) is 34.1 Å². The van der Waals surface area contributed by atoms with Gasteiger partial charge in [0.25, 0.3) is 5.91 Å². The van der Waals surface area contributed by atoms with E-state index < -0.39 is 9.84 Å². The Balaban J connectivity index is 1.41. The van der Waals surface area contributed by atoms with Gasteiger partial charge in [-0.1, -0.05) is 35.4 Å². The molecular weight excluding hydrogens is 424 g/mol. The maximum Gasteiger partial charge on any atom is 0.289 e. The van der Waals surface area contributed by atoms with E-state index in [0.717, 1.165) is 17.8 Å². The zero-order valence-corrected chi connectivity index (χ0v) is 19.4. The van der Waals surface area contributed by atoms with Crippen LogP contribution in [0.25, 0.3) is 0 Å². The number of sulfone groups is 1. The first-order valence-corrected chi connectivity index (χ1v) is 12.4. The lowest BCUT2D eigenvalue weighted by Gasteiger charge is -2.41. The van der Waals surface area contributed by atoms with E-state index in [1.807, 2.05) is 6.92 Å². The molecule has 2 aromatic carbocycles. The van der Waals surface area contributed by atoms with Crippen molar-refractivity contribution in [2.24, 2.45) is 0 Å². The van der Waals surface area contributed by atoms with Crippen LogP contribution < -0.4 is 4.90 Å². The van der Waals surface area contributed by atoms with Crippen LogP contribution in [-0.2, 0) is 15.6 Å². The molecule has 0 spiro atoms. The molecular formula is C25H28N2O4S. The number of amides is 1. The average Bonchev–Trinajstić information content (AvgIpc) is 3.22. The highest BCUT2D eigenvalue weighted by Crippen LogP contribution is 2.23. The molecule has 1 fully saturated rings. The van der Waals surface area contributed by atoms with Crippen molar-refractivity contribution in [3.8, 4) is 0 Å². The maximum atomic E-state index is 13.0. The van der Waals surface area contributed by atoms with Crippen LogP contribution in [0.2, 0.25) is 0 Å². The molecule has 32 heavy (non-hydrogen) atoms. The second kappa shape index (κ2) is 8.82. The van der Waals surface area contributed by atoms with Crippen LogP contribution >= 0.6 is 0 Å². The van der Waals surface area contributed by atoms with Crippen LogP contribution in [0.15, 0.2) is 70.0 Å². The predicted octanol–water partition coefficient (Wildman–Crippen LogP) is 4.22. The van der Waals surface area contributed by atoms with Gasteiger partial charge in [-0.25, -0.2) is 8.42 Å². The van der Waals surface area contributed by atoms with Gasteiger partial charge in [-0.2, -0.15) is 0 Å². The summed E-state index contributed by atoms with van der Waals surface area (Å²) < 4.78 is 31.0. The summed E-state index contributed by atoms with van der Waals surface area (Å²) in [5.74, 6) is -0.0456. The molecule has 1 aromatic heterocycles. The lowest BCUT2D eigenvalue weighted by molar-refractivity contribution is 0.0692. The summed E-state index contributed by atoms with van der Waals surface area (Å²) in [5, 5.41) is 0. The number of carbonyl (C=O) groups is 1. The number of nitrogens with zero attached hydrogens (tertiary/aromatic N) is 2. The molecule has 0 saturated carbocycles. The van der Waals surface area contributed by atoms with Crippen LogP contribution in [0.1, 0.15) is 34.4 Å². The normalized spacial score (nSPS) is 16.9. The smallest absolute Gasteiger partial charge is 0.289 e. The summed E-state index contributed by atoms with van der Waals surface area (Å²) in [6.45, 7) is 7.95. The molecule has 1 aliphatic heterocycles. The Morgan fingerprint density at radius 1 is 0.938 bits per heavy atom. The van der Waals surface area contributed by atoms with E-state index in [4.69, 9.17) is 4.42 Å². The van der Waals surface area contributed by atoms with E-state index in [1.165, 1.54) is 5.56 Å². The van der Waals surface area contributed by atoms with E-state index in [9.17, 15) is 13.2 Å². The van der Waals surface area contributed by atoms with Crippen molar-refractivity contribution >= 4 is 21.4 Å². The molecule has 2 heterocycles. The largest absolute Gasteiger partial charge is 0.455 e. The molecule has 1 atom stereocenters. The van der Waals surface area contributed by atoms with Gasteiger partial charge in [0.1, 0.15) is 11.5 Å². The molecule has 4 rings (SSSR count). The van der Waals surface area contributed by atoms with Gasteiger partial charge >= 0.3 is 0 Å². The molecule has 1 amide bonds. The highest BCUT2D eigenvalue weighted by atomic mass is 32.2. The van der Waals surface area contributed by atoms with E-state index in [2.05, 4.69) is 43.0 Å². The lowest BCUT2D eigenvalue weighted by Crippen LogP contribution is -2.53. The molecule has 1 saturated heterocycles. The number of rotatable bonds is 5. The Hall–Kier alpha value is -3.06. The zero-order valence-electron chi connectivity index (χ0n) is 18.6. The Labute approximate surface area is 189 Å². The maximum absolute atomic E-state index is 13.0. The van der Waals surface area contributed by atoms with Gasteiger partial charge in [0, 0.05) is 31.4 Å². The summed E-state index contributed by atoms with van der Waals surface area (Å²) >= 11 is 0. The standard InChI is InChI=1S/C25H28N2O4S/c1-18-4-8-21(9-5-18)27-15-14-26(16-20(27)3)25(28)24-13-10-22(31-24)17-32(29,30)23-11-6-19(2)7-12-23/h4-13,20H,14-17H2,1-3H3/t20-/m0/s1. The number of piperazine rings is 1. The SMILES string of the molecule is Cc1ccc(N2CCN(C(=O)c3ccc(CS(=O)(=O)c4ccc(C)cc4)o3)C[C@@H]2C)cc1. The van der Waals surface area contributed by atoms with Crippen molar-refractivity contribution in [2.75, 3.05) is 24.5 Å².